The van der Waals surface area contributed by atoms with Gasteiger partial charge in [0.05, 0.1) is 39.8 Å². The number of benzene rings is 6. The SMILES string of the molecule is Nc1ccc(N=Nc2ccc3c(c2)C(=O)/C(=N\Nc2ccc(Nc4ccc(N/N=C5\C(=O)c6cc(N=Nc7ccc(N)cc7N)ccc6C=C5S(=O)(=O)O)cc4S(=O)(=O)O)cc2)C(S(=O)(=O)O)=C3)c(N)c1. The van der Waals surface area contributed by atoms with E-state index in [1.54, 1.807) is 18.2 Å². The normalized spacial score (nSPS) is 15.1. The molecule has 0 atom stereocenters. The predicted molar refractivity (Wildman–Crippen MR) is 268 cm³/mol. The number of nitrogen functional groups attached to an aromatic ring is 4. The molecule has 24 nitrogen and oxygen atoms in total. The minimum Gasteiger partial charge on any atom is -0.399 e. The van der Waals surface area contributed by atoms with Gasteiger partial charge in [0.2, 0.25) is 11.6 Å². The van der Waals surface area contributed by atoms with Gasteiger partial charge in [-0.3, -0.25) is 34.1 Å². The lowest BCUT2D eigenvalue weighted by Gasteiger charge is -2.17. The van der Waals surface area contributed by atoms with Crippen LogP contribution in [0.2, 0.25) is 0 Å². The Balaban J connectivity index is 0.998. The van der Waals surface area contributed by atoms with E-state index in [0.29, 0.717) is 17.1 Å². The molecule has 6 aromatic carbocycles. The molecule has 360 valence electrons. The molecule has 0 heterocycles. The summed E-state index contributed by atoms with van der Waals surface area (Å²) in [5, 5.41) is 27.1. The lowest BCUT2D eigenvalue weighted by molar-refractivity contribution is 0.105. The van der Waals surface area contributed by atoms with E-state index in [9.17, 15) is 48.5 Å². The van der Waals surface area contributed by atoms with Crippen molar-refractivity contribution in [1.82, 2.24) is 0 Å². The van der Waals surface area contributed by atoms with Gasteiger partial charge in [0.25, 0.3) is 30.4 Å². The van der Waals surface area contributed by atoms with Crippen molar-refractivity contribution < 1.29 is 48.5 Å². The number of nitrogens with two attached hydrogens (primary N) is 4. The number of ketones is 2. The van der Waals surface area contributed by atoms with Crippen LogP contribution in [-0.4, -0.2) is 61.9 Å². The molecule has 0 saturated carbocycles. The van der Waals surface area contributed by atoms with Gasteiger partial charge in [-0.1, -0.05) is 12.1 Å². The fourth-order valence-corrected chi connectivity index (χ4v) is 8.84. The predicted octanol–water partition coefficient (Wildman–Crippen LogP) is 7.62. The summed E-state index contributed by atoms with van der Waals surface area (Å²) in [6, 6.07) is 26.6. The summed E-state index contributed by atoms with van der Waals surface area (Å²) in [6.45, 7) is 0. The molecule has 0 amide bonds. The first-order chi connectivity index (χ1) is 33.5. The number of nitrogens with zero attached hydrogens (tertiary/aromatic N) is 6. The third-order valence-electron chi connectivity index (χ3n) is 10.3. The van der Waals surface area contributed by atoms with Crippen molar-refractivity contribution in [3.63, 3.8) is 0 Å². The smallest absolute Gasteiger partial charge is 0.296 e. The van der Waals surface area contributed by atoms with Gasteiger partial charge in [-0.25, -0.2) is 0 Å². The summed E-state index contributed by atoms with van der Waals surface area (Å²) >= 11 is 0. The number of carbonyl (C=O) groups excluding carboxylic acids is 2. The first-order valence-corrected chi connectivity index (χ1v) is 24.4. The number of hydrazone groups is 2. The maximum Gasteiger partial charge on any atom is 0.296 e. The number of azo groups is 2. The number of rotatable bonds is 13. The maximum atomic E-state index is 13.7. The Bertz CT molecular complexity index is 3800. The van der Waals surface area contributed by atoms with E-state index in [2.05, 4.69) is 46.8 Å². The number of Topliss-reactive ketones (excluding diaryl/α,β-unsaturated/α-hetero) is 2. The second-order valence-corrected chi connectivity index (χ2v) is 19.4. The van der Waals surface area contributed by atoms with E-state index in [-0.39, 0.29) is 73.4 Å². The maximum absolute atomic E-state index is 13.7. The second-order valence-electron chi connectivity index (χ2n) is 15.2. The quantitative estimate of drug-likeness (QED) is 0.0230. The van der Waals surface area contributed by atoms with Gasteiger partial charge in [0, 0.05) is 28.2 Å². The van der Waals surface area contributed by atoms with Crippen LogP contribution in [0.15, 0.2) is 161 Å². The molecule has 27 heteroatoms. The summed E-state index contributed by atoms with van der Waals surface area (Å²) in [5.74, 6) is -1.85. The summed E-state index contributed by atoms with van der Waals surface area (Å²) in [4.78, 5) is 25.1. The largest absolute Gasteiger partial charge is 0.399 e. The molecule has 0 spiro atoms. The lowest BCUT2D eigenvalue weighted by atomic mass is 9.94. The van der Waals surface area contributed by atoms with Crippen molar-refractivity contribution >= 4 is 134 Å². The lowest BCUT2D eigenvalue weighted by Crippen LogP contribution is -2.27. The van der Waals surface area contributed by atoms with E-state index >= 15 is 0 Å². The van der Waals surface area contributed by atoms with Crippen molar-refractivity contribution in [3.8, 4) is 0 Å². The third kappa shape index (κ3) is 10.8. The molecule has 0 aliphatic heterocycles. The molecule has 2 aliphatic carbocycles. The number of fused-ring (bicyclic) bond motifs is 2. The summed E-state index contributed by atoms with van der Waals surface area (Å²) in [6.07, 6.45) is 2.07. The highest BCUT2D eigenvalue weighted by Crippen LogP contribution is 2.35. The van der Waals surface area contributed by atoms with Crippen LogP contribution in [0.1, 0.15) is 31.8 Å². The highest BCUT2D eigenvalue weighted by atomic mass is 32.2. The van der Waals surface area contributed by atoms with Gasteiger partial charge < -0.3 is 28.3 Å². The molecule has 8 rings (SSSR count). The highest BCUT2D eigenvalue weighted by Gasteiger charge is 2.34. The zero-order chi connectivity index (χ0) is 51.0. The topological polar surface area (TPSA) is 412 Å². The third-order valence-corrected chi connectivity index (χ3v) is 12.9. The van der Waals surface area contributed by atoms with Crippen LogP contribution in [0.5, 0.6) is 0 Å². The van der Waals surface area contributed by atoms with Gasteiger partial charge in [0.1, 0.15) is 26.1 Å². The van der Waals surface area contributed by atoms with Crippen molar-refractivity contribution in [1.29, 1.82) is 0 Å². The Kier molecular flexibility index (Phi) is 12.9. The Hall–Kier alpha value is -8.99. The Morgan fingerprint density at radius 2 is 0.887 bits per heavy atom. The molecule has 0 bridgehead atoms. The Morgan fingerprint density at radius 1 is 0.451 bits per heavy atom. The molecule has 0 radical (unpaired) electrons. The molecule has 71 heavy (non-hydrogen) atoms. The standard InChI is InChI=1S/C44H35N13O11S3/c45-24-3-12-35(33(47)17-24)54-51-28-5-1-22-15-39(70(63,64)65)41(43(58)31(22)19-28)56-50-27-9-7-26(8-10-27)49-37-14-11-30(21-38(37)69(60,61)62)53-57-42-40(71(66,67)68)16-23-2-6-29(20-32(23)44(42)59)52-55-36-13-4-25(46)18-34(36)48/h1-21,49-50,53H,45-48H2,(H,60,61,62)(H,63,64,65)(H,66,67,68)/b54-51?,55-52?,56-41-,57-42-. The molecule has 0 saturated heterocycles. The first-order valence-electron chi connectivity index (χ1n) is 20.1. The number of nitrogens with one attached hydrogen (secondary N) is 3. The van der Waals surface area contributed by atoms with Gasteiger partial charge in [0.15, 0.2) is 11.4 Å². The molecule has 0 fully saturated rings. The van der Waals surface area contributed by atoms with Crippen molar-refractivity contribution in [2.45, 2.75) is 4.90 Å². The molecule has 2 aliphatic rings. The number of allylic oxidation sites excluding steroid dienone is 2. The second kappa shape index (κ2) is 18.8. The van der Waals surface area contributed by atoms with Crippen LogP contribution >= 0.6 is 0 Å². The van der Waals surface area contributed by atoms with Crippen LogP contribution in [0.3, 0.4) is 0 Å². The number of anilines is 8. The van der Waals surface area contributed by atoms with Crippen molar-refractivity contribution in [3.05, 3.63) is 147 Å². The first kappa shape index (κ1) is 48.5. The van der Waals surface area contributed by atoms with E-state index in [1.807, 2.05) is 0 Å². The van der Waals surface area contributed by atoms with Crippen LogP contribution < -0.4 is 39.1 Å². The molecular formula is C44H35N13O11S3. The minimum absolute atomic E-state index is 0.00742. The molecule has 0 aromatic heterocycles. The van der Waals surface area contributed by atoms with Crippen molar-refractivity contribution in [2.75, 3.05) is 39.1 Å². The summed E-state index contributed by atoms with van der Waals surface area (Å²) in [7, 11) is -15.0. The van der Waals surface area contributed by atoms with Crippen molar-refractivity contribution in [2.24, 2.45) is 30.7 Å². The fourth-order valence-electron chi connectivity index (χ4n) is 6.85. The van der Waals surface area contributed by atoms with Crippen LogP contribution in [-0.2, 0) is 30.4 Å². The van der Waals surface area contributed by atoms with E-state index < -0.39 is 68.0 Å². The Morgan fingerprint density at radius 3 is 1.32 bits per heavy atom. The van der Waals surface area contributed by atoms with Gasteiger partial charge in [-0.2, -0.15) is 45.7 Å². The molecular weight excluding hydrogens is 983 g/mol. The summed E-state index contributed by atoms with van der Waals surface area (Å²) < 4.78 is 105. The number of hydrogen-bond donors (Lipinski definition) is 10. The van der Waals surface area contributed by atoms with E-state index in [0.717, 1.165) is 18.2 Å². The average molecular weight is 1020 g/mol. The monoisotopic (exact) mass is 1020 g/mol. The highest BCUT2D eigenvalue weighted by molar-refractivity contribution is 7.91. The van der Waals surface area contributed by atoms with Crippen LogP contribution in [0, 0.1) is 0 Å². The van der Waals surface area contributed by atoms with Gasteiger partial charge >= 0.3 is 0 Å². The van der Waals surface area contributed by atoms with Gasteiger partial charge in [-0.15, -0.1) is 10.2 Å². The zero-order valence-corrected chi connectivity index (χ0v) is 38.4. The molecule has 0 unspecified atom stereocenters. The van der Waals surface area contributed by atoms with Crippen LogP contribution in [0.25, 0.3) is 12.2 Å². The average Bonchev–Trinajstić information content (AvgIpc) is 3.30. The van der Waals surface area contributed by atoms with E-state index in [1.165, 1.54) is 91.0 Å². The minimum atomic E-state index is -5.06. The number of hydrogen-bond acceptors (Lipinski definition) is 21. The zero-order valence-electron chi connectivity index (χ0n) is 35.9. The fraction of sp³-hybridized carbons (Fsp3) is 0. The molecule has 6 aromatic rings. The molecule has 14 N–H and O–H groups in total. The summed E-state index contributed by atoms with van der Waals surface area (Å²) in [5.41, 5.74) is 29.4. The number of carbonyl (C=O) groups is 2. The Labute approximate surface area is 402 Å². The van der Waals surface area contributed by atoms with E-state index in [4.69, 9.17) is 22.9 Å². The van der Waals surface area contributed by atoms with Gasteiger partial charge in [-0.05, 0) is 126 Å². The van der Waals surface area contributed by atoms with Crippen LogP contribution in [0.4, 0.5) is 68.2 Å².